The van der Waals surface area contributed by atoms with Gasteiger partial charge >= 0.3 is 5.97 Å². The van der Waals surface area contributed by atoms with Crippen LogP contribution >= 0.6 is 0 Å². The Labute approximate surface area is 418 Å². The highest BCUT2D eigenvalue weighted by Crippen LogP contribution is 2.21. The number of tetrazole rings is 1. The number of aromatic amines is 1. The summed E-state index contributed by atoms with van der Waals surface area (Å²) in [4.78, 5) is 73.4. The number of nitrogens with one attached hydrogen (secondary N) is 6. The van der Waals surface area contributed by atoms with Crippen LogP contribution in [0.5, 0.6) is 0 Å². The van der Waals surface area contributed by atoms with Crippen LogP contribution in [0.4, 0.5) is 0 Å². The summed E-state index contributed by atoms with van der Waals surface area (Å²) in [5.41, 5.74) is -0.609. The van der Waals surface area contributed by atoms with Crippen molar-refractivity contribution >= 4 is 35.4 Å². The van der Waals surface area contributed by atoms with Crippen molar-refractivity contribution in [2.75, 3.05) is 72.5 Å². The van der Waals surface area contributed by atoms with Crippen molar-refractivity contribution in [2.24, 2.45) is 5.41 Å². The number of ether oxygens (including phenoxy) is 4. The topological polar surface area (TPSA) is 274 Å². The molecule has 20 heteroatoms. The van der Waals surface area contributed by atoms with Crippen LogP contribution in [0.3, 0.4) is 0 Å². The number of H-pyrrole nitrogens is 1. The Morgan fingerprint density at radius 3 is 1.50 bits per heavy atom. The molecular formula is C50H93N9O11. The van der Waals surface area contributed by atoms with E-state index >= 15 is 0 Å². The number of carbonyl (C=O) groups is 6. The summed E-state index contributed by atoms with van der Waals surface area (Å²) >= 11 is 0. The summed E-state index contributed by atoms with van der Waals surface area (Å²) in [6.45, 7) is 14.0. The predicted molar refractivity (Wildman–Crippen MR) is 268 cm³/mol. The molecule has 0 saturated carbocycles. The van der Waals surface area contributed by atoms with Crippen molar-refractivity contribution in [2.45, 2.75) is 200 Å². The maximum atomic E-state index is 12.9. The van der Waals surface area contributed by atoms with Crippen molar-refractivity contribution in [1.29, 1.82) is 0 Å². The highest BCUT2D eigenvalue weighted by molar-refractivity contribution is 5.88. The van der Waals surface area contributed by atoms with Gasteiger partial charge in [-0.1, -0.05) is 109 Å². The van der Waals surface area contributed by atoms with Crippen LogP contribution < -0.4 is 26.6 Å². The molecule has 1 heterocycles. The molecule has 1 aromatic rings. The lowest BCUT2D eigenvalue weighted by molar-refractivity contribution is -0.142. The largest absolute Gasteiger partial charge is 0.480 e. The molecule has 0 spiro atoms. The summed E-state index contributed by atoms with van der Waals surface area (Å²) in [5.74, 6) is -1.37. The van der Waals surface area contributed by atoms with Gasteiger partial charge < -0.3 is 50.6 Å². The lowest BCUT2D eigenvalue weighted by Crippen LogP contribution is -2.50. The Hall–Kier alpha value is -4.11. The molecule has 0 aliphatic heterocycles. The van der Waals surface area contributed by atoms with Crippen LogP contribution in [0, 0.1) is 5.41 Å². The second-order valence-electron chi connectivity index (χ2n) is 20.1. The number of aryl methyl sites for hydroxylation is 1. The van der Waals surface area contributed by atoms with Crippen LogP contribution in [0.2, 0.25) is 0 Å². The van der Waals surface area contributed by atoms with Gasteiger partial charge in [-0.2, -0.15) is 5.21 Å². The number of carboxylic acids is 1. The van der Waals surface area contributed by atoms with Crippen molar-refractivity contribution < 1.29 is 52.8 Å². The van der Waals surface area contributed by atoms with E-state index in [4.69, 9.17) is 18.9 Å². The van der Waals surface area contributed by atoms with E-state index in [9.17, 15) is 33.9 Å². The van der Waals surface area contributed by atoms with Crippen LogP contribution in [0.25, 0.3) is 0 Å². The Morgan fingerprint density at radius 2 is 1.01 bits per heavy atom. The molecule has 0 bridgehead atoms. The summed E-state index contributed by atoms with van der Waals surface area (Å²) in [6.07, 6.45) is 21.0. The fourth-order valence-corrected chi connectivity index (χ4v) is 7.46. The van der Waals surface area contributed by atoms with Gasteiger partial charge in [-0.05, 0) is 59.3 Å². The molecule has 0 fully saturated rings. The monoisotopic (exact) mass is 996 g/mol. The highest BCUT2D eigenvalue weighted by Gasteiger charge is 2.31. The molecule has 0 aromatic carbocycles. The number of Topliss-reactive ketones (excluding diaryl/α,β-unsaturated/α-hetero) is 1. The van der Waals surface area contributed by atoms with E-state index < -0.39 is 17.4 Å². The molecule has 7 N–H and O–H groups in total. The van der Waals surface area contributed by atoms with Crippen molar-refractivity contribution in [1.82, 2.24) is 47.2 Å². The van der Waals surface area contributed by atoms with Crippen LogP contribution in [-0.4, -0.2) is 151 Å². The zero-order chi connectivity index (χ0) is 51.7. The fraction of sp³-hybridized carbons (Fsp3) is 0.860. The van der Waals surface area contributed by atoms with Crippen molar-refractivity contribution in [3.8, 4) is 0 Å². The first kappa shape index (κ1) is 63.9. The molecule has 70 heavy (non-hydrogen) atoms. The number of ketones is 1. The van der Waals surface area contributed by atoms with E-state index in [1.54, 1.807) is 0 Å². The molecule has 0 aliphatic rings. The van der Waals surface area contributed by atoms with Crippen molar-refractivity contribution in [3.63, 3.8) is 0 Å². The third kappa shape index (κ3) is 38.6. The van der Waals surface area contributed by atoms with Gasteiger partial charge in [0.25, 0.3) is 0 Å². The molecule has 404 valence electrons. The van der Waals surface area contributed by atoms with Gasteiger partial charge in [0.15, 0.2) is 11.6 Å². The first-order chi connectivity index (χ1) is 33.5. The van der Waals surface area contributed by atoms with E-state index in [1.165, 1.54) is 64.2 Å². The third-order valence-corrected chi connectivity index (χ3v) is 11.2. The molecule has 20 nitrogen and oxygen atoms in total. The van der Waals surface area contributed by atoms with Crippen LogP contribution in [0.1, 0.15) is 182 Å². The minimum atomic E-state index is -1.17. The van der Waals surface area contributed by atoms with Crippen LogP contribution in [0.15, 0.2) is 0 Å². The molecule has 1 aromatic heterocycles. The molecule has 0 radical (unpaired) electrons. The van der Waals surface area contributed by atoms with E-state index in [0.717, 1.165) is 50.8 Å². The highest BCUT2D eigenvalue weighted by atomic mass is 16.5. The second kappa shape index (κ2) is 40.5. The summed E-state index contributed by atoms with van der Waals surface area (Å²) < 4.78 is 21.5. The van der Waals surface area contributed by atoms with E-state index in [-0.39, 0.29) is 126 Å². The lowest BCUT2D eigenvalue weighted by Gasteiger charge is -2.31. The van der Waals surface area contributed by atoms with Crippen LogP contribution in [-0.2, 0) is 54.1 Å². The van der Waals surface area contributed by atoms with Gasteiger partial charge in [0.2, 0.25) is 23.6 Å². The second-order valence-corrected chi connectivity index (χ2v) is 20.1. The van der Waals surface area contributed by atoms with Gasteiger partial charge in [0, 0.05) is 49.9 Å². The number of nitrogens with zero attached hydrogens (tertiary/aromatic N) is 3. The standard InChI is InChI=1S/C50H93N9O11/c1-49(2,3)47(64)40(55-50(4,5)6)24-22-23-29-51-45(62)38-69-36-35-68-33-31-53-46(63)39-70-37-34-67-32-30-52-43(60)28-27-41(48(65)66)54-44(61)26-21-19-17-15-13-11-9-7-8-10-12-14-16-18-20-25-42-56-58-59-57-42/h40-41,55H,7-39H2,1-6H3,(H,51,62)(H,52,60)(H,53,63)(H,54,61)(H,65,66)(H,56,57,58,59)/t40?,41-/m0/s1. The number of rotatable bonds is 46. The molecule has 1 rings (SSSR count). The van der Waals surface area contributed by atoms with E-state index in [1.807, 2.05) is 41.5 Å². The van der Waals surface area contributed by atoms with E-state index in [2.05, 4.69) is 47.2 Å². The first-order valence-electron chi connectivity index (χ1n) is 26.2. The molecule has 4 amide bonds. The molecule has 2 atom stereocenters. The number of aromatic nitrogens is 4. The molecular weight excluding hydrogens is 903 g/mol. The predicted octanol–water partition coefficient (Wildman–Crippen LogP) is 5.29. The number of carboxylic acid groups (broad SMARTS) is 1. The number of carbonyl (C=O) groups excluding carboxylic acids is 5. The Morgan fingerprint density at radius 1 is 0.529 bits per heavy atom. The maximum absolute atomic E-state index is 12.9. The number of unbranched alkanes of at least 4 members (excludes halogenated alkanes) is 15. The first-order valence-corrected chi connectivity index (χ1v) is 26.2. The van der Waals surface area contributed by atoms with Gasteiger partial charge in [0.1, 0.15) is 19.3 Å². The quantitative estimate of drug-likeness (QED) is 0.0409. The van der Waals surface area contributed by atoms with Gasteiger partial charge in [-0.15, -0.1) is 10.2 Å². The molecule has 0 saturated heterocycles. The Kier molecular flexibility index (Phi) is 37.0. The number of amides is 4. The van der Waals surface area contributed by atoms with Gasteiger partial charge in [0.05, 0.1) is 45.7 Å². The smallest absolute Gasteiger partial charge is 0.326 e. The Balaban J connectivity index is 1.92. The summed E-state index contributed by atoms with van der Waals surface area (Å²) in [6, 6.07) is -1.36. The molecule has 1 unspecified atom stereocenters. The number of aliphatic carboxylic acids is 1. The summed E-state index contributed by atoms with van der Waals surface area (Å²) in [5, 5.41) is 37.8. The average Bonchev–Trinajstić information content (AvgIpc) is 3.82. The number of hydrogen-bond acceptors (Lipinski definition) is 14. The fourth-order valence-electron chi connectivity index (χ4n) is 7.46. The minimum absolute atomic E-state index is 0.0166. The summed E-state index contributed by atoms with van der Waals surface area (Å²) in [7, 11) is 0. The van der Waals surface area contributed by atoms with Gasteiger partial charge in [-0.25, -0.2) is 4.79 Å². The van der Waals surface area contributed by atoms with Crippen molar-refractivity contribution in [3.05, 3.63) is 5.82 Å². The zero-order valence-corrected chi connectivity index (χ0v) is 43.9. The van der Waals surface area contributed by atoms with E-state index in [0.29, 0.717) is 19.4 Å². The van der Waals surface area contributed by atoms with Gasteiger partial charge in [-0.3, -0.25) is 24.0 Å². The lowest BCUT2D eigenvalue weighted by atomic mass is 9.84. The maximum Gasteiger partial charge on any atom is 0.326 e. The normalized spacial score (nSPS) is 12.6. The zero-order valence-electron chi connectivity index (χ0n) is 43.9. The minimum Gasteiger partial charge on any atom is -0.480 e. The third-order valence-electron chi connectivity index (χ3n) is 11.2. The molecule has 0 aliphatic carbocycles. The number of hydrogen-bond donors (Lipinski definition) is 7. The SMILES string of the molecule is CC(C)(C)NC(CCCCNC(=O)COCCOCCNC(=O)COCCOCCNC(=O)CC[C@H](NC(=O)CCCCCCCCCCCCCCCCCc1nn[nH]n1)C(=O)O)C(=O)C(C)(C)C. The Bertz CT molecular complexity index is 1540. The average molecular weight is 996 g/mol.